The first-order chi connectivity index (χ1) is 7.66. The van der Waals surface area contributed by atoms with E-state index in [2.05, 4.69) is 0 Å². The summed E-state index contributed by atoms with van der Waals surface area (Å²) in [7, 11) is 0. The largest absolute Gasteiger partial charge is 0.486 e. The average Bonchev–Trinajstić information content (AvgIpc) is 2.27. The first-order valence-electron chi connectivity index (χ1n) is 5.59. The van der Waals surface area contributed by atoms with Gasteiger partial charge in [0.25, 0.3) is 0 Å². The molecule has 0 atom stereocenters. The van der Waals surface area contributed by atoms with Crippen molar-refractivity contribution in [2.24, 2.45) is 5.92 Å². The second-order valence-corrected chi connectivity index (χ2v) is 4.38. The highest BCUT2D eigenvalue weighted by Gasteiger charge is 2.15. The van der Waals surface area contributed by atoms with Crippen LogP contribution < -0.4 is 9.47 Å². The number of carbonyl (C=O) groups excluding carboxylic acids is 1. The lowest BCUT2D eigenvalue weighted by atomic mass is 10.0. The quantitative estimate of drug-likeness (QED) is 0.735. The van der Waals surface area contributed by atoms with Crippen LogP contribution >= 0.6 is 0 Å². The van der Waals surface area contributed by atoms with Crippen LogP contribution in [-0.2, 0) is 0 Å². The van der Waals surface area contributed by atoms with E-state index < -0.39 is 0 Å². The Morgan fingerprint density at radius 2 is 1.94 bits per heavy atom. The molecule has 0 saturated carbocycles. The van der Waals surface area contributed by atoms with Crippen LogP contribution in [0.5, 0.6) is 11.5 Å². The van der Waals surface area contributed by atoms with E-state index in [4.69, 9.17) is 9.47 Å². The van der Waals surface area contributed by atoms with Crippen molar-refractivity contribution >= 4 is 5.78 Å². The van der Waals surface area contributed by atoms with Gasteiger partial charge in [-0.15, -0.1) is 0 Å². The van der Waals surface area contributed by atoms with Crippen molar-refractivity contribution in [2.45, 2.75) is 20.3 Å². The number of ketones is 1. The lowest BCUT2D eigenvalue weighted by Gasteiger charge is -2.18. The number of carbonyl (C=O) groups is 1. The van der Waals surface area contributed by atoms with Gasteiger partial charge < -0.3 is 9.47 Å². The van der Waals surface area contributed by atoms with Crippen LogP contribution in [0.15, 0.2) is 18.2 Å². The van der Waals surface area contributed by atoms with E-state index >= 15 is 0 Å². The highest BCUT2D eigenvalue weighted by molar-refractivity contribution is 5.96. The van der Waals surface area contributed by atoms with Gasteiger partial charge in [0.1, 0.15) is 13.2 Å². The number of benzene rings is 1. The van der Waals surface area contributed by atoms with Gasteiger partial charge in [0.05, 0.1) is 0 Å². The summed E-state index contributed by atoms with van der Waals surface area (Å²) in [5.41, 5.74) is 0.706. The molecule has 16 heavy (non-hydrogen) atoms. The molecule has 0 aliphatic carbocycles. The molecule has 0 unspecified atom stereocenters. The summed E-state index contributed by atoms with van der Waals surface area (Å²) >= 11 is 0. The summed E-state index contributed by atoms with van der Waals surface area (Å²) < 4.78 is 10.8. The Kier molecular flexibility index (Phi) is 3.13. The van der Waals surface area contributed by atoms with Crippen molar-refractivity contribution in [3.63, 3.8) is 0 Å². The van der Waals surface area contributed by atoms with Gasteiger partial charge >= 0.3 is 0 Å². The minimum Gasteiger partial charge on any atom is -0.486 e. The summed E-state index contributed by atoms with van der Waals surface area (Å²) in [5, 5.41) is 0. The van der Waals surface area contributed by atoms with Crippen molar-refractivity contribution in [3.8, 4) is 11.5 Å². The third-order valence-corrected chi connectivity index (χ3v) is 2.46. The van der Waals surface area contributed by atoms with Crippen LogP contribution in [-0.4, -0.2) is 19.0 Å². The minimum atomic E-state index is 0.159. The second kappa shape index (κ2) is 4.56. The van der Waals surface area contributed by atoms with Crippen molar-refractivity contribution in [3.05, 3.63) is 23.8 Å². The highest BCUT2D eigenvalue weighted by Crippen LogP contribution is 2.31. The molecule has 3 heteroatoms. The Hall–Kier alpha value is -1.51. The summed E-state index contributed by atoms with van der Waals surface area (Å²) in [5.74, 6) is 1.95. The zero-order valence-electron chi connectivity index (χ0n) is 9.66. The SMILES string of the molecule is CC(C)CC(=O)c1ccc2c(c1)OCCO2. The van der Waals surface area contributed by atoms with Gasteiger partial charge in [0.2, 0.25) is 0 Å². The zero-order valence-corrected chi connectivity index (χ0v) is 9.66. The van der Waals surface area contributed by atoms with Crippen molar-refractivity contribution in [1.82, 2.24) is 0 Å². The van der Waals surface area contributed by atoms with Gasteiger partial charge in [0, 0.05) is 12.0 Å². The van der Waals surface area contributed by atoms with E-state index in [-0.39, 0.29) is 5.78 Å². The highest BCUT2D eigenvalue weighted by atomic mass is 16.6. The third kappa shape index (κ3) is 2.35. The van der Waals surface area contributed by atoms with Gasteiger partial charge in [-0.1, -0.05) is 13.8 Å². The van der Waals surface area contributed by atoms with Crippen molar-refractivity contribution < 1.29 is 14.3 Å². The van der Waals surface area contributed by atoms with Gasteiger partial charge in [-0.2, -0.15) is 0 Å². The summed E-state index contributed by atoms with van der Waals surface area (Å²) in [6.45, 7) is 5.20. The predicted octanol–water partition coefficient (Wildman–Crippen LogP) is 2.69. The monoisotopic (exact) mass is 220 g/mol. The molecule has 0 fully saturated rings. The Balaban J connectivity index is 2.19. The number of Topliss-reactive ketones (excluding diaryl/α,β-unsaturated/α-hetero) is 1. The standard InChI is InChI=1S/C13H16O3/c1-9(2)7-11(14)10-3-4-12-13(8-10)16-6-5-15-12/h3-4,8-9H,5-7H2,1-2H3. The minimum absolute atomic E-state index is 0.159. The molecule has 1 heterocycles. The molecule has 3 nitrogen and oxygen atoms in total. The summed E-state index contributed by atoms with van der Waals surface area (Å²) in [6.07, 6.45) is 0.569. The molecule has 0 bridgehead atoms. The molecule has 1 aromatic rings. The molecule has 0 aromatic heterocycles. The van der Waals surface area contributed by atoms with E-state index in [1.54, 1.807) is 12.1 Å². The molecule has 1 aliphatic rings. The summed E-state index contributed by atoms with van der Waals surface area (Å²) in [4.78, 5) is 11.8. The van der Waals surface area contributed by atoms with Gasteiger partial charge in [-0.05, 0) is 24.1 Å². The first-order valence-corrected chi connectivity index (χ1v) is 5.59. The van der Waals surface area contributed by atoms with Gasteiger partial charge in [0.15, 0.2) is 17.3 Å². The summed E-state index contributed by atoms with van der Waals surface area (Å²) in [6, 6.07) is 5.39. The molecule has 86 valence electrons. The van der Waals surface area contributed by atoms with Crippen molar-refractivity contribution in [2.75, 3.05) is 13.2 Å². The fraction of sp³-hybridized carbons (Fsp3) is 0.462. The first kappa shape index (κ1) is 11.0. The van der Waals surface area contributed by atoms with Crippen molar-refractivity contribution in [1.29, 1.82) is 0 Å². The molecular formula is C13H16O3. The Bertz CT molecular complexity index is 396. The molecule has 1 aromatic carbocycles. The maximum atomic E-state index is 11.8. The molecule has 2 rings (SSSR count). The maximum absolute atomic E-state index is 11.8. The van der Waals surface area contributed by atoms with E-state index in [9.17, 15) is 4.79 Å². The van der Waals surface area contributed by atoms with E-state index in [0.717, 1.165) is 5.75 Å². The number of fused-ring (bicyclic) bond motifs is 1. The van der Waals surface area contributed by atoms with Crippen LogP contribution in [0.1, 0.15) is 30.6 Å². The predicted molar refractivity (Wildman–Crippen MR) is 61.2 cm³/mol. The molecule has 0 radical (unpaired) electrons. The van der Waals surface area contributed by atoms with Crippen LogP contribution in [0.3, 0.4) is 0 Å². The van der Waals surface area contributed by atoms with E-state index in [1.165, 1.54) is 0 Å². The number of hydrogen-bond donors (Lipinski definition) is 0. The molecule has 0 N–H and O–H groups in total. The number of rotatable bonds is 3. The molecular weight excluding hydrogens is 204 g/mol. The van der Waals surface area contributed by atoms with Crippen LogP contribution in [0.4, 0.5) is 0 Å². The Morgan fingerprint density at radius 1 is 1.25 bits per heavy atom. The lowest BCUT2D eigenvalue weighted by molar-refractivity contribution is 0.0966. The maximum Gasteiger partial charge on any atom is 0.163 e. The fourth-order valence-electron chi connectivity index (χ4n) is 1.71. The number of ether oxygens (including phenoxy) is 2. The third-order valence-electron chi connectivity index (χ3n) is 2.46. The second-order valence-electron chi connectivity index (χ2n) is 4.38. The van der Waals surface area contributed by atoms with Gasteiger partial charge in [-0.3, -0.25) is 4.79 Å². The number of hydrogen-bond acceptors (Lipinski definition) is 3. The normalized spacial score (nSPS) is 13.9. The lowest BCUT2D eigenvalue weighted by Crippen LogP contribution is -2.16. The molecule has 1 aliphatic heterocycles. The van der Waals surface area contributed by atoms with Crippen LogP contribution in [0.2, 0.25) is 0 Å². The van der Waals surface area contributed by atoms with E-state index in [1.807, 2.05) is 19.9 Å². The molecule has 0 saturated heterocycles. The average molecular weight is 220 g/mol. The molecule has 0 spiro atoms. The zero-order chi connectivity index (χ0) is 11.5. The smallest absolute Gasteiger partial charge is 0.163 e. The molecule has 0 amide bonds. The Labute approximate surface area is 95.4 Å². The topological polar surface area (TPSA) is 35.5 Å². The van der Waals surface area contributed by atoms with Crippen LogP contribution in [0.25, 0.3) is 0 Å². The fourth-order valence-corrected chi connectivity index (χ4v) is 1.71. The van der Waals surface area contributed by atoms with Crippen LogP contribution in [0, 0.1) is 5.92 Å². The Morgan fingerprint density at radius 3 is 2.62 bits per heavy atom. The van der Waals surface area contributed by atoms with Gasteiger partial charge in [-0.25, -0.2) is 0 Å². The van der Waals surface area contributed by atoms with E-state index in [0.29, 0.717) is 36.9 Å².